The van der Waals surface area contributed by atoms with Crippen molar-refractivity contribution in [2.45, 2.75) is 44.9 Å². The van der Waals surface area contributed by atoms with Gasteiger partial charge in [0, 0.05) is 21.9 Å². The van der Waals surface area contributed by atoms with Crippen LogP contribution in [0.5, 0.6) is 5.75 Å². The van der Waals surface area contributed by atoms with Gasteiger partial charge in [0.1, 0.15) is 22.4 Å². The topological polar surface area (TPSA) is 92.3 Å². The molecule has 0 fully saturated rings. The number of rotatable bonds is 4. The van der Waals surface area contributed by atoms with Crippen molar-refractivity contribution in [2.24, 2.45) is 0 Å². The Labute approximate surface area is 177 Å². The Bertz CT molecular complexity index is 1260. The molecule has 0 bridgehead atoms. The van der Waals surface area contributed by atoms with E-state index in [2.05, 4.69) is 11.4 Å². The van der Waals surface area contributed by atoms with Gasteiger partial charge in [-0.25, -0.2) is 4.79 Å². The normalized spacial score (nSPS) is 14.8. The number of hydrogen-bond donors (Lipinski definition) is 1. The Balaban J connectivity index is 1.31. The van der Waals surface area contributed by atoms with Crippen LogP contribution in [0.1, 0.15) is 46.4 Å². The lowest BCUT2D eigenvalue weighted by Crippen LogP contribution is -2.20. The van der Waals surface area contributed by atoms with Crippen LogP contribution in [0.4, 0.5) is 5.00 Å². The van der Waals surface area contributed by atoms with Gasteiger partial charge in [0.05, 0.1) is 5.56 Å². The smallest absolute Gasteiger partial charge is 0.339 e. The molecule has 0 spiro atoms. The molecule has 5 rings (SSSR count). The Kier molecular flexibility index (Phi) is 4.80. The van der Waals surface area contributed by atoms with Gasteiger partial charge in [-0.3, -0.25) is 4.79 Å². The number of nitriles is 1. The summed E-state index contributed by atoms with van der Waals surface area (Å²) < 4.78 is 11.1. The highest BCUT2D eigenvalue weighted by Gasteiger charge is 2.22. The van der Waals surface area contributed by atoms with Crippen molar-refractivity contribution in [2.75, 3.05) is 11.9 Å². The number of carbonyl (C=O) groups is 1. The molecule has 7 heteroatoms. The van der Waals surface area contributed by atoms with Crippen molar-refractivity contribution in [3.8, 4) is 11.8 Å². The van der Waals surface area contributed by atoms with Crippen LogP contribution in [-0.4, -0.2) is 12.5 Å². The second kappa shape index (κ2) is 7.62. The van der Waals surface area contributed by atoms with Gasteiger partial charge < -0.3 is 14.5 Å². The van der Waals surface area contributed by atoms with E-state index in [1.54, 1.807) is 12.1 Å². The summed E-state index contributed by atoms with van der Waals surface area (Å²) in [6.07, 6.45) is 6.68. The van der Waals surface area contributed by atoms with Crippen molar-refractivity contribution in [3.63, 3.8) is 0 Å². The van der Waals surface area contributed by atoms with E-state index < -0.39 is 0 Å². The summed E-state index contributed by atoms with van der Waals surface area (Å²) in [7, 11) is 0. The quantitative estimate of drug-likeness (QED) is 0.641. The van der Waals surface area contributed by atoms with Crippen molar-refractivity contribution < 1.29 is 13.9 Å². The number of thiophene rings is 1. The third kappa shape index (κ3) is 3.27. The predicted molar refractivity (Wildman–Crippen MR) is 114 cm³/mol. The summed E-state index contributed by atoms with van der Waals surface area (Å²) in [6.45, 7) is -0.186. The number of fused-ring (bicyclic) bond motifs is 4. The van der Waals surface area contributed by atoms with E-state index in [9.17, 15) is 14.9 Å². The number of aryl methyl sites for hydroxylation is 2. The fraction of sp³-hybridized carbons (Fsp3) is 0.348. The van der Waals surface area contributed by atoms with E-state index in [1.165, 1.54) is 16.2 Å². The number of benzene rings is 1. The molecule has 152 valence electrons. The van der Waals surface area contributed by atoms with E-state index >= 15 is 0 Å². The summed E-state index contributed by atoms with van der Waals surface area (Å²) >= 11 is 1.49. The van der Waals surface area contributed by atoms with Crippen LogP contribution in [0.25, 0.3) is 11.0 Å². The minimum absolute atomic E-state index is 0.186. The second-order valence-electron chi connectivity index (χ2n) is 7.72. The second-order valence-corrected chi connectivity index (χ2v) is 8.83. The van der Waals surface area contributed by atoms with Gasteiger partial charge in [-0.15, -0.1) is 11.3 Å². The highest BCUT2D eigenvalue weighted by atomic mass is 32.1. The minimum Gasteiger partial charge on any atom is -0.484 e. The molecule has 2 aliphatic carbocycles. The molecule has 30 heavy (non-hydrogen) atoms. The van der Waals surface area contributed by atoms with Crippen LogP contribution >= 0.6 is 11.3 Å². The molecule has 0 aliphatic heterocycles. The fourth-order valence-electron chi connectivity index (χ4n) is 4.44. The highest BCUT2D eigenvalue weighted by Crippen LogP contribution is 2.37. The van der Waals surface area contributed by atoms with Gasteiger partial charge in [-0.05, 0) is 68.2 Å². The average molecular weight is 420 g/mol. The first kappa shape index (κ1) is 18.9. The lowest BCUT2D eigenvalue weighted by Gasteiger charge is -2.09. The van der Waals surface area contributed by atoms with Crippen LogP contribution in [-0.2, 0) is 30.5 Å². The Morgan fingerprint density at radius 1 is 1.13 bits per heavy atom. The molecule has 0 saturated carbocycles. The van der Waals surface area contributed by atoms with Crippen molar-refractivity contribution in [3.05, 3.63) is 55.8 Å². The molecule has 0 saturated heterocycles. The molecule has 6 nitrogen and oxygen atoms in total. The van der Waals surface area contributed by atoms with E-state index in [4.69, 9.17) is 9.15 Å². The molecule has 0 unspecified atom stereocenters. The SMILES string of the molecule is N#Cc1c(NC(=O)COc2ccc3c4c(c(=O)oc3c2)CCC4)sc2c1CCCC2. The number of anilines is 1. The molecule has 1 N–H and O–H groups in total. The number of hydrogen-bond acceptors (Lipinski definition) is 6. The zero-order valence-electron chi connectivity index (χ0n) is 16.4. The first-order valence-corrected chi connectivity index (χ1v) is 11.0. The molecule has 2 aliphatic rings. The van der Waals surface area contributed by atoms with Crippen LogP contribution in [0.2, 0.25) is 0 Å². The summed E-state index contributed by atoms with van der Waals surface area (Å²) in [4.78, 5) is 25.8. The van der Waals surface area contributed by atoms with E-state index in [-0.39, 0.29) is 18.1 Å². The maximum atomic E-state index is 12.4. The number of carbonyl (C=O) groups excluding carboxylic acids is 1. The van der Waals surface area contributed by atoms with Crippen LogP contribution in [0.3, 0.4) is 0 Å². The molecule has 2 heterocycles. The fourth-order valence-corrected chi connectivity index (χ4v) is 5.69. The monoisotopic (exact) mass is 420 g/mol. The number of ether oxygens (including phenoxy) is 1. The molecule has 1 aromatic carbocycles. The van der Waals surface area contributed by atoms with E-state index in [0.29, 0.717) is 21.9 Å². The molecule has 1 amide bonds. The highest BCUT2D eigenvalue weighted by molar-refractivity contribution is 7.16. The first-order valence-electron chi connectivity index (χ1n) is 10.2. The minimum atomic E-state index is -0.319. The average Bonchev–Trinajstić information content (AvgIpc) is 3.37. The summed E-state index contributed by atoms with van der Waals surface area (Å²) in [6, 6.07) is 7.58. The predicted octanol–water partition coefficient (Wildman–Crippen LogP) is 4.11. The summed E-state index contributed by atoms with van der Waals surface area (Å²) in [5, 5.41) is 13.9. The van der Waals surface area contributed by atoms with Crippen LogP contribution in [0.15, 0.2) is 27.4 Å². The van der Waals surface area contributed by atoms with Gasteiger partial charge in [0.15, 0.2) is 6.61 Å². The Morgan fingerprint density at radius 3 is 2.80 bits per heavy atom. The molecular formula is C23H20N2O4S. The summed E-state index contributed by atoms with van der Waals surface area (Å²) in [5.74, 6) is 0.144. The number of nitrogens with one attached hydrogen (secondary N) is 1. The van der Waals surface area contributed by atoms with Crippen molar-refractivity contribution >= 4 is 33.2 Å². The Hall–Kier alpha value is -3.11. The first-order chi connectivity index (χ1) is 14.6. The number of nitrogens with zero attached hydrogens (tertiary/aromatic N) is 1. The third-order valence-corrected chi connectivity index (χ3v) is 7.06. The van der Waals surface area contributed by atoms with Gasteiger partial charge in [-0.1, -0.05) is 0 Å². The zero-order chi connectivity index (χ0) is 20.7. The van der Waals surface area contributed by atoms with Crippen molar-refractivity contribution in [1.29, 1.82) is 5.26 Å². The standard InChI is InChI=1S/C23H20N2O4S/c24-11-18-16-4-1-2-7-20(16)30-22(18)25-21(26)12-28-13-8-9-15-14-5-3-6-17(14)23(27)29-19(15)10-13/h8-10H,1-7,12H2,(H,25,26). The van der Waals surface area contributed by atoms with Crippen molar-refractivity contribution in [1.82, 2.24) is 0 Å². The van der Waals surface area contributed by atoms with Gasteiger partial charge in [0.25, 0.3) is 5.91 Å². The summed E-state index contributed by atoms with van der Waals surface area (Å²) in [5.41, 5.74) is 3.72. The molecule has 0 radical (unpaired) electrons. The lowest BCUT2D eigenvalue weighted by molar-refractivity contribution is -0.118. The van der Waals surface area contributed by atoms with E-state index in [0.717, 1.165) is 67.0 Å². The third-order valence-electron chi connectivity index (χ3n) is 5.85. The largest absolute Gasteiger partial charge is 0.484 e. The maximum Gasteiger partial charge on any atom is 0.339 e. The van der Waals surface area contributed by atoms with Gasteiger partial charge >= 0.3 is 5.63 Å². The number of amides is 1. The van der Waals surface area contributed by atoms with Crippen LogP contribution < -0.4 is 15.7 Å². The van der Waals surface area contributed by atoms with Gasteiger partial charge in [0.2, 0.25) is 0 Å². The molecule has 3 aromatic rings. The van der Waals surface area contributed by atoms with Crippen LogP contribution in [0, 0.1) is 11.3 Å². The maximum absolute atomic E-state index is 12.4. The lowest BCUT2D eigenvalue weighted by atomic mass is 9.96. The van der Waals surface area contributed by atoms with E-state index in [1.807, 2.05) is 6.07 Å². The van der Waals surface area contributed by atoms with Gasteiger partial charge in [-0.2, -0.15) is 5.26 Å². The zero-order valence-corrected chi connectivity index (χ0v) is 17.2. The molecule has 0 atom stereocenters. The molecular weight excluding hydrogens is 400 g/mol. The Morgan fingerprint density at radius 2 is 1.93 bits per heavy atom. The molecule has 2 aromatic heterocycles.